The number of nitrogens with zero attached hydrogens (tertiary/aromatic N) is 2. The van der Waals surface area contributed by atoms with Crippen molar-refractivity contribution in [1.82, 2.24) is 0 Å². The van der Waals surface area contributed by atoms with Crippen LogP contribution in [0.25, 0.3) is 0 Å². The van der Waals surface area contributed by atoms with Crippen LogP contribution in [0.5, 0.6) is 0 Å². The summed E-state index contributed by atoms with van der Waals surface area (Å²) >= 11 is 0. The van der Waals surface area contributed by atoms with Gasteiger partial charge < -0.3 is 4.79 Å². The van der Waals surface area contributed by atoms with Gasteiger partial charge in [0.25, 0.3) is 0 Å². The SMILES string of the molecule is CN=CN=CCC=O. The first-order chi connectivity index (χ1) is 3.91. The van der Waals surface area contributed by atoms with E-state index in [0.717, 1.165) is 6.29 Å². The standard InChI is InChI=1S/C5H8N2O/c1-6-5-7-3-2-4-8/h3-5H,2H2,1H3. The summed E-state index contributed by atoms with van der Waals surface area (Å²) in [5.41, 5.74) is 0. The zero-order valence-electron chi connectivity index (χ0n) is 4.74. The molecule has 0 N–H and O–H groups in total. The lowest BCUT2D eigenvalue weighted by Crippen LogP contribution is -1.75. The highest BCUT2D eigenvalue weighted by Crippen LogP contribution is 1.62. The molecule has 0 saturated carbocycles. The number of aliphatic imine (C=N–C) groups is 2. The van der Waals surface area contributed by atoms with Crippen LogP contribution in [0.15, 0.2) is 9.98 Å². The highest BCUT2D eigenvalue weighted by Gasteiger charge is 1.67. The molecule has 0 atom stereocenters. The monoisotopic (exact) mass is 112 g/mol. The Labute approximate surface area is 48.2 Å². The van der Waals surface area contributed by atoms with Gasteiger partial charge >= 0.3 is 0 Å². The van der Waals surface area contributed by atoms with Gasteiger partial charge in [0.15, 0.2) is 0 Å². The average molecular weight is 112 g/mol. The Kier molecular flexibility index (Phi) is 5.27. The van der Waals surface area contributed by atoms with Gasteiger partial charge in [0.2, 0.25) is 0 Å². The van der Waals surface area contributed by atoms with Crippen LogP contribution in [0.4, 0.5) is 0 Å². The second-order valence-corrected chi connectivity index (χ2v) is 1.11. The van der Waals surface area contributed by atoms with E-state index in [-0.39, 0.29) is 0 Å². The zero-order chi connectivity index (χ0) is 6.24. The van der Waals surface area contributed by atoms with Crippen LogP contribution in [0.3, 0.4) is 0 Å². The third-order valence-electron chi connectivity index (χ3n) is 0.489. The van der Waals surface area contributed by atoms with Crippen LogP contribution in [0.2, 0.25) is 0 Å². The fourth-order valence-electron chi connectivity index (χ4n) is 0.218. The summed E-state index contributed by atoms with van der Waals surface area (Å²) in [7, 11) is 1.62. The normalized spacial score (nSPS) is 11.1. The predicted molar refractivity (Wildman–Crippen MR) is 33.6 cm³/mol. The van der Waals surface area contributed by atoms with E-state index in [1.807, 2.05) is 0 Å². The molecule has 0 aromatic carbocycles. The summed E-state index contributed by atoms with van der Waals surface area (Å²) in [6.45, 7) is 0. The van der Waals surface area contributed by atoms with E-state index in [1.165, 1.54) is 12.6 Å². The zero-order valence-corrected chi connectivity index (χ0v) is 4.74. The quantitative estimate of drug-likeness (QED) is 0.294. The Morgan fingerprint density at radius 3 is 2.88 bits per heavy atom. The molecule has 0 aromatic rings. The van der Waals surface area contributed by atoms with Gasteiger partial charge in [0, 0.05) is 19.7 Å². The van der Waals surface area contributed by atoms with Gasteiger partial charge in [-0.2, -0.15) is 0 Å². The molecule has 0 aromatic heterocycles. The van der Waals surface area contributed by atoms with Crippen molar-refractivity contribution < 1.29 is 4.79 Å². The Balaban J connectivity index is 3.19. The summed E-state index contributed by atoms with van der Waals surface area (Å²) in [6.07, 6.45) is 4.04. The lowest BCUT2D eigenvalue weighted by molar-refractivity contribution is -0.106. The maximum atomic E-state index is 9.63. The Morgan fingerprint density at radius 1 is 1.62 bits per heavy atom. The summed E-state index contributed by atoms with van der Waals surface area (Å²) in [5.74, 6) is 0. The van der Waals surface area contributed by atoms with Crippen LogP contribution < -0.4 is 0 Å². The van der Waals surface area contributed by atoms with E-state index in [2.05, 4.69) is 9.98 Å². The van der Waals surface area contributed by atoms with E-state index in [4.69, 9.17) is 0 Å². The molecule has 0 aliphatic rings. The van der Waals surface area contributed by atoms with Crippen molar-refractivity contribution >= 4 is 18.8 Å². The lowest BCUT2D eigenvalue weighted by Gasteiger charge is -1.70. The number of rotatable bonds is 3. The summed E-state index contributed by atoms with van der Waals surface area (Å²) < 4.78 is 0. The molecule has 0 aliphatic carbocycles. The largest absolute Gasteiger partial charge is 0.303 e. The van der Waals surface area contributed by atoms with E-state index in [1.54, 1.807) is 7.05 Å². The summed E-state index contributed by atoms with van der Waals surface area (Å²) in [4.78, 5) is 16.8. The topological polar surface area (TPSA) is 41.8 Å². The van der Waals surface area contributed by atoms with Crippen molar-refractivity contribution in [3.05, 3.63) is 0 Å². The number of hydrogen-bond donors (Lipinski definition) is 0. The predicted octanol–water partition coefficient (Wildman–Crippen LogP) is 0.304. The number of aldehydes is 1. The van der Waals surface area contributed by atoms with Crippen molar-refractivity contribution in [2.45, 2.75) is 6.42 Å². The molecule has 8 heavy (non-hydrogen) atoms. The van der Waals surface area contributed by atoms with E-state index >= 15 is 0 Å². The molecule has 3 nitrogen and oxygen atoms in total. The van der Waals surface area contributed by atoms with Crippen LogP contribution in [0.1, 0.15) is 6.42 Å². The molecular weight excluding hydrogens is 104 g/mol. The molecule has 0 unspecified atom stereocenters. The van der Waals surface area contributed by atoms with Gasteiger partial charge in [-0.25, -0.2) is 4.99 Å². The van der Waals surface area contributed by atoms with Crippen molar-refractivity contribution in [3.8, 4) is 0 Å². The van der Waals surface area contributed by atoms with Crippen LogP contribution in [-0.2, 0) is 4.79 Å². The van der Waals surface area contributed by atoms with Gasteiger partial charge in [0.05, 0.1) is 0 Å². The fourth-order valence-corrected chi connectivity index (χ4v) is 0.218. The van der Waals surface area contributed by atoms with E-state index in [9.17, 15) is 4.79 Å². The second kappa shape index (κ2) is 6.01. The van der Waals surface area contributed by atoms with Gasteiger partial charge in [0.1, 0.15) is 12.6 Å². The Bertz CT molecular complexity index is 107. The molecule has 0 amide bonds. The van der Waals surface area contributed by atoms with Crippen LogP contribution in [0, 0.1) is 0 Å². The molecule has 0 heterocycles. The molecule has 3 heteroatoms. The molecule has 44 valence electrons. The molecule has 0 bridgehead atoms. The Morgan fingerprint density at radius 2 is 2.38 bits per heavy atom. The molecule has 0 rings (SSSR count). The number of carbonyl (C=O) groups excluding carboxylic acids is 1. The first-order valence-electron chi connectivity index (χ1n) is 2.27. The fraction of sp³-hybridized carbons (Fsp3) is 0.400. The molecule has 0 spiro atoms. The maximum absolute atomic E-state index is 9.63. The van der Waals surface area contributed by atoms with E-state index in [0.29, 0.717) is 6.42 Å². The summed E-state index contributed by atoms with van der Waals surface area (Å²) in [5, 5.41) is 0. The first-order valence-corrected chi connectivity index (χ1v) is 2.27. The van der Waals surface area contributed by atoms with Gasteiger partial charge in [-0.15, -0.1) is 0 Å². The maximum Gasteiger partial charge on any atom is 0.125 e. The number of carbonyl (C=O) groups is 1. The third-order valence-corrected chi connectivity index (χ3v) is 0.489. The van der Waals surface area contributed by atoms with Gasteiger partial charge in [-0.1, -0.05) is 0 Å². The smallest absolute Gasteiger partial charge is 0.125 e. The van der Waals surface area contributed by atoms with Crippen molar-refractivity contribution in [2.75, 3.05) is 7.05 Å². The molecule has 0 radical (unpaired) electrons. The van der Waals surface area contributed by atoms with Crippen molar-refractivity contribution in [3.63, 3.8) is 0 Å². The summed E-state index contributed by atoms with van der Waals surface area (Å²) in [6, 6.07) is 0. The van der Waals surface area contributed by atoms with Crippen LogP contribution in [-0.4, -0.2) is 25.9 Å². The lowest BCUT2D eigenvalue weighted by atomic mass is 10.5. The third kappa shape index (κ3) is 5.01. The van der Waals surface area contributed by atoms with Crippen LogP contribution >= 0.6 is 0 Å². The minimum atomic E-state index is 0.367. The minimum absolute atomic E-state index is 0.367. The second-order valence-electron chi connectivity index (χ2n) is 1.11. The highest BCUT2D eigenvalue weighted by molar-refractivity contribution is 5.81. The molecule has 0 fully saturated rings. The van der Waals surface area contributed by atoms with Gasteiger partial charge in [-0.05, 0) is 0 Å². The Hall–Kier alpha value is -0.990. The molecule has 0 aliphatic heterocycles. The molecule has 0 saturated heterocycles. The number of hydrogen-bond acceptors (Lipinski definition) is 2. The van der Waals surface area contributed by atoms with Gasteiger partial charge in [-0.3, -0.25) is 4.99 Å². The highest BCUT2D eigenvalue weighted by atomic mass is 16.1. The molecular formula is C5H8N2O. The van der Waals surface area contributed by atoms with Crippen molar-refractivity contribution in [1.29, 1.82) is 0 Å². The van der Waals surface area contributed by atoms with Crippen molar-refractivity contribution in [2.24, 2.45) is 9.98 Å². The van der Waals surface area contributed by atoms with E-state index < -0.39 is 0 Å². The minimum Gasteiger partial charge on any atom is -0.303 e. The first kappa shape index (κ1) is 7.01. The average Bonchev–Trinajstić information content (AvgIpc) is 1.81.